The summed E-state index contributed by atoms with van der Waals surface area (Å²) in [6.45, 7) is 4.32. The number of aryl methyl sites for hydroxylation is 2. The molecule has 1 unspecified atom stereocenters. The minimum absolute atomic E-state index is 1.19. The van der Waals surface area contributed by atoms with Crippen molar-refractivity contribution in [1.29, 1.82) is 0 Å². The number of nitrogens with zero attached hydrogens (tertiary/aromatic N) is 2. The summed E-state index contributed by atoms with van der Waals surface area (Å²) < 4.78 is 2.51. The molecule has 0 saturated carbocycles. The average Bonchev–Trinajstić information content (AvgIpc) is 2.78. The number of hydrogen-bond acceptors (Lipinski definition) is 2. The van der Waals surface area contributed by atoms with Crippen molar-refractivity contribution in [2.45, 2.75) is 13.8 Å². The number of benzene rings is 3. The van der Waals surface area contributed by atoms with E-state index in [1.165, 1.54) is 53.7 Å². The van der Waals surface area contributed by atoms with Crippen molar-refractivity contribution < 1.29 is 0 Å². The standard InChI is InChI=1S/C29H31ClN2Se/c1-20-15-21(2)17-24(16-20)25-18-28(22-7-11-26(12-8-22)31(3)4)33(30)29(19-25)23-9-13-27(14-10-23)32(5)6/h7-19H,1-6H3. The van der Waals surface area contributed by atoms with Crippen LogP contribution in [0.25, 0.3) is 10.0 Å². The molecular formula is C29H31ClN2Se. The van der Waals surface area contributed by atoms with Crippen LogP contribution in [0, 0.1) is 13.8 Å². The van der Waals surface area contributed by atoms with Gasteiger partial charge in [-0.3, -0.25) is 0 Å². The molecule has 2 nitrogen and oxygen atoms in total. The number of anilines is 2. The fourth-order valence-electron chi connectivity index (χ4n) is 4.08. The summed E-state index contributed by atoms with van der Waals surface area (Å²) in [5.74, 6) is 0. The molecule has 1 heterocycles. The van der Waals surface area contributed by atoms with Crippen molar-refractivity contribution in [3.63, 3.8) is 0 Å². The molecule has 0 N–H and O–H groups in total. The van der Waals surface area contributed by atoms with Crippen LogP contribution in [0.1, 0.15) is 27.8 Å². The molecule has 170 valence electrons. The Morgan fingerprint density at radius 2 is 1.09 bits per heavy atom. The average molecular weight is 522 g/mol. The second kappa shape index (κ2) is 9.73. The molecule has 3 aromatic rings. The second-order valence-electron chi connectivity index (χ2n) is 8.99. The molecule has 3 aromatic carbocycles. The van der Waals surface area contributed by atoms with E-state index in [0.717, 1.165) is 0 Å². The molecule has 1 aliphatic rings. The van der Waals surface area contributed by atoms with Gasteiger partial charge in [-0.15, -0.1) is 0 Å². The Morgan fingerprint density at radius 3 is 1.58 bits per heavy atom. The number of allylic oxidation sites excluding steroid dienone is 3. The monoisotopic (exact) mass is 522 g/mol. The molecule has 4 rings (SSSR count). The number of hydrogen-bond donors (Lipinski definition) is 0. The zero-order valence-electron chi connectivity index (χ0n) is 20.2. The van der Waals surface area contributed by atoms with Gasteiger partial charge in [0, 0.05) is 0 Å². The summed E-state index contributed by atoms with van der Waals surface area (Å²) >= 11 is -1.73. The van der Waals surface area contributed by atoms with Gasteiger partial charge in [0.05, 0.1) is 0 Å². The molecule has 1 aliphatic heterocycles. The van der Waals surface area contributed by atoms with E-state index >= 15 is 0 Å². The minimum atomic E-state index is -1.73. The first-order chi connectivity index (χ1) is 15.7. The van der Waals surface area contributed by atoms with E-state index in [1.807, 2.05) is 0 Å². The third kappa shape index (κ3) is 5.17. The maximum atomic E-state index is 7.29. The van der Waals surface area contributed by atoms with Gasteiger partial charge in [0.15, 0.2) is 0 Å². The summed E-state index contributed by atoms with van der Waals surface area (Å²) in [6, 6.07) is 24.3. The number of rotatable bonds is 5. The Morgan fingerprint density at radius 1 is 0.606 bits per heavy atom. The Kier molecular flexibility index (Phi) is 6.95. The van der Waals surface area contributed by atoms with Crippen molar-refractivity contribution in [2.24, 2.45) is 0 Å². The number of halogens is 1. The van der Waals surface area contributed by atoms with Gasteiger partial charge in [-0.05, 0) is 0 Å². The van der Waals surface area contributed by atoms with Gasteiger partial charge in [0.25, 0.3) is 0 Å². The summed E-state index contributed by atoms with van der Waals surface area (Å²) in [7, 11) is 15.6. The third-order valence-corrected chi connectivity index (χ3v) is 10.7. The molecule has 4 heteroatoms. The molecule has 33 heavy (non-hydrogen) atoms. The van der Waals surface area contributed by atoms with Crippen LogP contribution in [0.2, 0.25) is 0 Å². The van der Waals surface area contributed by atoms with Gasteiger partial charge in [0.2, 0.25) is 0 Å². The van der Waals surface area contributed by atoms with Crippen molar-refractivity contribution in [1.82, 2.24) is 0 Å². The first kappa shape index (κ1) is 23.6. The van der Waals surface area contributed by atoms with Gasteiger partial charge in [-0.1, -0.05) is 0 Å². The van der Waals surface area contributed by atoms with Crippen LogP contribution in [0.5, 0.6) is 0 Å². The van der Waals surface area contributed by atoms with E-state index in [2.05, 4.69) is 131 Å². The quantitative estimate of drug-likeness (QED) is 0.354. The van der Waals surface area contributed by atoms with Crippen molar-refractivity contribution in [2.75, 3.05) is 38.0 Å². The zero-order valence-corrected chi connectivity index (χ0v) is 22.7. The van der Waals surface area contributed by atoms with E-state index in [0.29, 0.717) is 0 Å². The van der Waals surface area contributed by atoms with E-state index in [9.17, 15) is 0 Å². The Hall–Kier alpha value is -2.58. The maximum absolute atomic E-state index is 7.29. The van der Waals surface area contributed by atoms with Crippen LogP contribution in [-0.2, 0) is 0 Å². The van der Waals surface area contributed by atoms with E-state index in [4.69, 9.17) is 10.1 Å². The second-order valence-corrected chi connectivity index (χ2v) is 13.5. The molecule has 0 saturated heterocycles. The van der Waals surface area contributed by atoms with E-state index < -0.39 is 12.6 Å². The van der Waals surface area contributed by atoms with Gasteiger partial charge < -0.3 is 0 Å². The summed E-state index contributed by atoms with van der Waals surface area (Å²) in [5.41, 5.74) is 9.81. The molecule has 0 amide bonds. The van der Waals surface area contributed by atoms with Gasteiger partial charge >= 0.3 is 207 Å². The molecular weight excluding hydrogens is 491 g/mol. The van der Waals surface area contributed by atoms with Crippen molar-refractivity contribution in [3.05, 3.63) is 107 Å². The topological polar surface area (TPSA) is 6.48 Å². The first-order valence-corrected chi connectivity index (χ1v) is 15.0. The van der Waals surface area contributed by atoms with Crippen LogP contribution in [0.3, 0.4) is 0 Å². The first-order valence-electron chi connectivity index (χ1n) is 11.1. The van der Waals surface area contributed by atoms with Crippen LogP contribution >= 0.6 is 10.1 Å². The summed E-state index contributed by atoms with van der Waals surface area (Å²) in [5, 5.41) is 0. The third-order valence-electron chi connectivity index (χ3n) is 5.85. The molecule has 0 aliphatic carbocycles. The van der Waals surface area contributed by atoms with Crippen LogP contribution in [-0.4, -0.2) is 45.2 Å². The molecule has 0 spiro atoms. The predicted molar refractivity (Wildman–Crippen MR) is 149 cm³/mol. The SMILES string of the molecule is Cc1cc(C)cc(C2=CC(c3ccc(N(C)C)cc3)=[Se](Cl)C(c3ccc(N(C)C)cc3)=C2)c1. The molecule has 0 aromatic heterocycles. The fraction of sp³-hybridized carbons (Fsp3) is 0.207. The van der Waals surface area contributed by atoms with E-state index in [1.54, 1.807) is 0 Å². The zero-order chi connectivity index (χ0) is 23.7. The summed E-state index contributed by atoms with van der Waals surface area (Å²) in [4.78, 5) is 4.25. The molecule has 0 bridgehead atoms. The Balaban J connectivity index is 1.87. The van der Waals surface area contributed by atoms with Crippen LogP contribution in [0.4, 0.5) is 11.4 Å². The molecule has 0 fully saturated rings. The summed E-state index contributed by atoms with van der Waals surface area (Å²) in [6.07, 6.45) is 4.63. The van der Waals surface area contributed by atoms with Crippen molar-refractivity contribution >= 4 is 48.5 Å². The van der Waals surface area contributed by atoms with Crippen LogP contribution in [0.15, 0.2) is 78.9 Å². The normalized spacial score (nSPS) is 15.7. The fourth-order valence-corrected chi connectivity index (χ4v) is 8.37. The molecule has 1 atom stereocenters. The van der Waals surface area contributed by atoms with Crippen LogP contribution < -0.4 is 9.80 Å². The van der Waals surface area contributed by atoms with Gasteiger partial charge in [-0.25, -0.2) is 0 Å². The predicted octanol–water partition coefficient (Wildman–Crippen LogP) is 6.49. The van der Waals surface area contributed by atoms with E-state index in [-0.39, 0.29) is 0 Å². The Bertz CT molecular complexity index is 1240. The van der Waals surface area contributed by atoms with Crippen molar-refractivity contribution in [3.8, 4) is 0 Å². The van der Waals surface area contributed by atoms with Gasteiger partial charge in [0.1, 0.15) is 0 Å². The Labute approximate surface area is 206 Å². The molecule has 0 radical (unpaired) electrons. The van der Waals surface area contributed by atoms with Gasteiger partial charge in [-0.2, -0.15) is 0 Å².